The molecule has 1 saturated heterocycles. The quantitative estimate of drug-likeness (QED) is 0.774. The molecule has 5 rings (SSSR count). The molecule has 0 bridgehead atoms. The molecule has 0 aliphatic carbocycles. The maximum absolute atomic E-state index is 5.99. The standard InChI is InChI=1S/C21H20N4O2/c22-21-10-18(25-12-16(13-25)14-3-5-23-6-4-14)17(11-24-21)15-1-2-19-20(9-15)27-8-7-26-19/h1-6,9-11,16H,7-8,12-13H2,(H2,22,24). The predicted octanol–water partition coefficient (Wildman–Crippen LogP) is 3.10. The van der Waals surface area contributed by atoms with E-state index in [0.717, 1.165) is 41.4 Å². The number of fused-ring (bicyclic) bond motifs is 1. The van der Waals surface area contributed by atoms with E-state index < -0.39 is 0 Å². The Kier molecular flexibility index (Phi) is 3.81. The maximum Gasteiger partial charge on any atom is 0.161 e. The summed E-state index contributed by atoms with van der Waals surface area (Å²) in [5.41, 5.74) is 10.5. The molecule has 0 amide bonds. The highest BCUT2D eigenvalue weighted by molar-refractivity contribution is 5.81. The first-order valence-corrected chi connectivity index (χ1v) is 9.08. The van der Waals surface area contributed by atoms with Gasteiger partial charge in [0.25, 0.3) is 0 Å². The second-order valence-corrected chi connectivity index (χ2v) is 6.87. The van der Waals surface area contributed by atoms with Crippen molar-refractivity contribution in [3.8, 4) is 22.6 Å². The average Bonchev–Trinajstić information content (AvgIpc) is 2.67. The maximum atomic E-state index is 5.99. The predicted molar refractivity (Wildman–Crippen MR) is 104 cm³/mol. The molecule has 0 unspecified atom stereocenters. The number of aromatic nitrogens is 2. The van der Waals surface area contributed by atoms with Crippen LogP contribution >= 0.6 is 0 Å². The summed E-state index contributed by atoms with van der Waals surface area (Å²) in [5, 5.41) is 0. The monoisotopic (exact) mass is 360 g/mol. The van der Waals surface area contributed by atoms with Crippen LogP contribution < -0.4 is 20.1 Å². The van der Waals surface area contributed by atoms with Gasteiger partial charge in [0.2, 0.25) is 0 Å². The van der Waals surface area contributed by atoms with E-state index in [9.17, 15) is 0 Å². The van der Waals surface area contributed by atoms with E-state index in [1.54, 1.807) is 0 Å². The van der Waals surface area contributed by atoms with E-state index in [0.29, 0.717) is 24.9 Å². The van der Waals surface area contributed by atoms with Crippen LogP contribution in [0, 0.1) is 0 Å². The number of hydrogen-bond acceptors (Lipinski definition) is 6. The van der Waals surface area contributed by atoms with Gasteiger partial charge in [0, 0.05) is 54.9 Å². The molecule has 6 nitrogen and oxygen atoms in total. The van der Waals surface area contributed by atoms with Crippen molar-refractivity contribution in [1.29, 1.82) is 0 Å². The van der Waals surface area contributed by atoms with E-state index in [2.05, 4.69) is 27.0 Å². The second-order valence-electron chi connectivity index (χ2n) is 6.87. The lowest BCUT2D eigenvalue weighted by Crippen LogP contribution is -2.45. The smallest absolute Gasteiger partial charge is 0.161 e. The molecule has 4 heterocycles. The van der Waals surface area contributed by atoms with Crippen LogP contribution in [-0.2, 0) is 0 Å². The second kappa shape index (κ2) is 6.46. The van der Waals surface area contributed by atoms with Crippen molar-refractivity contribution in [3.63, 3.8) is 0 Å². The summed E-state index contributed by atoms with van der Waals surface area (Å²) in [6.07, 6.45) is 5.54. The Balaban J connectivity index is 1.45. The number of rotatable bonds is 3. The molecule has 1 aromatic carbocycles. The van der Waals surface area contributed by atoms with Crippen molar-refractivity contribution >= 4 is 11.5 Å². The molecule has 3 aromatic rings. The van der Waals surface area contributed by atoms with Crippen molar-refractivity contribution in [1.82, 2.24) is 9.97 Å². The summed E-state index contributed by atoms with van der Waals surface area (Å²) in [6.45, 7) is 3.06. The van der Waals surface area contributed by atoms with E-state index in [-0.39, 0.29) is 0 Å². The van der Waals surface area contributed by atoms with Crippen LogP contribution in [0.25, 0.3) is 11.1 Å². The number of anilines is 2. The Bertz CT molecular complexity index is 971. The third kappa shape index (κ3) is 2.93. The molecule has 27 heavy (non-hydrogen) atoms. The number of hydrogen-bond donors (Lipinski definition) is 1. The molecule has 0 atom stereocenters. The largest absolute Gasteiger partial charge is 0.486 e. The van der Waals surface area contributed by atoms with Crippen LogP contribution in [0.3, 0.4) is 0 Å². The van der Waals surface area contributed by atoms with Gasteiger partial charge in [-0.15, -0.1) is 0 Å². The third-order valence-corrected chi connectivity index (χ3v) is 5.16. The molecule has 136 valence electrons. The summed E-state index contributed by atoms with van der Waals surface area (Å²) in [4.78, 5) is 10.8. The first-order valence-electron chi connectivity index (χ1n) is 9.08. The molecule has 2 aromatic heterocycles. The van der Waals surface area contributed by atoms with Gasteiger partial charge in [-0.05, 0) is 35.4 Å². The van der Waals surface area contributed by atoms with E-state index in [4.69, 9.17) is 15.2 Å². The molecule has 2 N–H and O–H groups in total. The van der Waals surface area contributed by atoms with Gasteiger partial charge in [-0.1, -0.05) is 6.07 Å². The van der Waals surface area contributed by atoms with Gasteiger partial charge in [0.05, 0.1) is 0 Å². The summed E-state index contributed by atoms with van der Waals surface area (Å²) < 4.78 is 11.4. The molecule has 0 spiro atoms. The van der Waals surface area contributed by atoms with Crippen LogP contribution in [0.4, 0.5) is 11.5 Å². The number of nitrogens with zero attached hydrogens (tertiary/aromatic N) is 3. The van der Waals surface area contributed by atoms with Crippen LogP contribution in [0.5, 0.6) is 11.5 Å². The van der Waals surface area contributed by atoms with Crippen LogP contribution in [-0.4, -0.2) is 36.3 Å². The summed E-state index contributed by atoms with van der Waals surface area (Å²) >= 11 is 0. The molecule has 0 radical (unpaired) electrons. The van der Waals surface area contributed by atoms with Crippen molar-refractivity contribution in [2.24, 2.45) is 0 Å². The van der Waals surface area contributed by atoms with Crippen LogP contribution in [0.15, 0.2) is 55.0 Å². The fourth-order valence-electron chi connectivity index (χ4n) is 3.68. The number of pyridine rings is 2. The Hall–Kier alpha value is -3.28. The molecule has 2 aliphatic heterocycles. The zero-order valence-electron chi connectivity index (χ0n) is 14.8. The highest BCUT2D eigenvalue weighted by Crippen LogP contribution is 2.41. The van der Waals surface area contributed by atoms with Gasteiger partial charge >= 0.3 is 0 Å². The molecular weight excluding hydrogens is 340 g/mol. The lowest BCUT2D eigenvalue weighted by molar-refractivity contribution is 0.171. The highest BCUT2D eigenvalue weighted by atomic mass is 16.6. The third-order valence-electron chi connectivity index (χ3n) is 5.16. The molecule has 0 saturated carbocycles. The molecular formula is C21H20N4O2. The SMILES string of the molecule is Nc1cc(N2CC(c3ccncc3)C2)c(-c2ccc3c(c2)OCCO3)cn1. The summed E-state index contributed by atoms with van der Waals surface area (Å²) in [6, 6.07) is 12.2. The first-order chi connectivity index (χ1) is 13.3. The molecule has 2 aliphatic rings. The lowest BCUT2D eigenvalue weighted by atomic mass is 9.90. The molecule has 1 fully saturated rings. The number of nitrogens with two attached hydrogens (primary N) is 1. The van der Waals surface area contributed by atoms with E-state index in [1.807, 2.05) is 42.9 Å². The summed E-state index contributed by atoms with van der Waals surface area (Å²) in [5.74, 6) is 2.60. The van der Waals surface area contributed by atoms with Crippen LogP contribution in [0.1, 0.15) is 11.5 Å². The number of nitrogen functional groups attached to an aromatic ring is 1. The Morgan fingerprint density at radius 1 is 0.963 bits per heavy atom. The molecule has 6 heteroatoms. The average molecular weight is 360 g/mol. The normalized spacial score (nSPS) is 16.1. The van der Waals surface area contributed by atoms with Crippen molar-refractivity contribution in [3.05, 3.63) is 60.6 Å². The minimum Gasteiger partial charge on any atom is -0.486 e. The van der Waals surface area contributed by atoms with Crippen molar-refractivity contribution < 1.29 is 9.47 Å². The Morgan fingerprint density at radius 2 is 1.74 bits per heavy atom. The van der Waals surface area contributed by atoms with Gasteiger partial charge < -0.3 is 20.1 Å². The van der Waals surface area contributed by atoms with Gasteiger partial charge in [-0.2, -0.15) is 0 Å². The Morgan fingerprint density at radius 3 is 2.56 bits per heavy atom. The van der Waals surface area contributed by atoms with Crippen molar-refractivity contribution in [2.75, 3.05) is 36.9 Å². The first kappa shape index (κ1) is 15.9. The fraction of sp³-hybridized carbons (Fsp3) is 0.238. The minimum absolute atomic E-state index is 0.510. The topological polar surface area (TPSA) is 73.5 Å². The number of benzene rings is 1. The fourth-order valence-corrected chi connectivity index (χ4v) is 3.68. The van der Waals surface area contributed by atoms with Gasteiger partial charge in [-0.25, -0.2) is 4.98 Å². The zero-order chi connectivity index (χ0) is 18.2. The van der Waals surface area contributed by atoms with Gasteiger partial charge in [-0.3, -0.25) is 4.98 Å². The van der Waals surface area contributed by atoms with Gasteiger partial charge in [0.1, 0.15) is 19.0 Å². The van der Waals surface area contributed by atoms with E-state index >= 15 is 0 Å². The van der Waals surface area contributed by atoms with Crippen molar-refractivity contribution in [2.45, 2.75) is 5.92 Å². The van der Waals surface area contributed by atoms with E-state index in [1.165, 1.54) is 5.56 Å². The highest BCUT2D eigenvalue weighted by Gasteiger charge is 2.30. The van der Waals surface area contributed by atoms with Gasteiger partial charge in [0.15, 0.2) is 11.5 Å². The van der Waals surface area contributed by atoms with Crippen LogP contribution in [0.2, 0.25) is 0 Å². The Labute approximate surface area is 157 Å². The summed E-state index contributed by atoms with van der Waals surface area (Å²) in [7, 11) is 0. The lowest BCUT2D eigenvalue weighted by Gasteiger charge is -2.42. The minimum atomic E-state index is 0.510. The number of ether oxygens (including phenoxy) is 2. The zero-order valence-corrected chi connectivity index (χ0v) is 14.8.